The average Bonchev–Trinajstić information content (AvgIpc) is 1.81. The van der Waals surface area contributed by atoms with E-state index in [-0.39, 0.29) is 0 Å². The summed E-state index contributed by atoms with van der Waals surface area (Å²) >= 11 is 3.96. The van der Waals surface area contributed by atoms with E-state index < -0.39 is 12.0 Å². The van der Waals surface area contributed by atoms with Crippen molar-refractivity contribution < 1.29 is 9.90 Å². The molecule has 1 N–H and O–H groups in total. The van der Waals surface area contributed by atoms with E-state index in [1.165, 1.54) is 0 Å². The van der Waals surface area contributed by atoms with Crippen LogP contribution in [0.2, 0.25) is 0 Å². The molecule has 0 aliphatic heterocycles. The highest BCUT2D eigenvalue weighted by Crippen LogP contribution is 2.00. The molecule has 0 aliphatic carbocycles. The van der Waals surface area contributed by atoms with Gasteiger partial charge in [-0.1, -0.05) is 0 Å². The Hall–Kier alpha value is -0.220. The first-order valence-electron chi connectivity index (χ1n) is 3.09. The monoisotopic (exact) mass is 163 g/mol. The second-order valence-corrected chi connectivity index (χ2v) is 2.78. The number of rotatable bonds is 4. The molecule has 0 saturated heterocycles. The Morgan fingerprint density at radius 1 is 1.70 bits per heavy atom. The molecule has 0 amide bonds. The van der Waals surface area contributed by atoms with Gasteiger partial charge in [0, 0.05) is 0 Å². The van der Waals surface area contributed by atoms with Gasteiger partial charge in [0.25, 0.3) is 0 Å². The highest BCUT2D eigenvalue weighted by molar-refractivity contribution is 7.80. The van der Waals surface area contributed by atoms with Gasteiger partial charge in [0.1, 0.15) is 6.04 Å². The van der Waals surface area contributed by atoms with Gasteiger partial charge in [0.2, 0.25) is 0 Å². The Morgan fingerprint density at radius 3 is 2.30 bits per heavy atom. The molecule has 0 aromatic heterocycles. The number of hydrogen-bond donors (Lipinski definition) is 2. The molecule has 1 unspecified atom stereocenters. The minimum absolute atomic E-state index is 0.391. The second kappa shape index (κ2) is 4.57. The van der Waals surface area contributed by atoms with Crippen LogP contribution in [-0.2, 0) is 4.79 Å². The van der Waals surface area contributed by atoms with Crippen molar-refractivity contribution in [3.05, 3.63) is 0 Å². The van der Waals surface area contributed by atoms with Gasteiger partial charge in [-0.2, -0.15) is 12.6 Å². The number of carboxylic acid groups (broad SMARTS) is 1. The number of hydrogen-bond acceptors (Lipinski definition) is 3. The number of nitrogens with zero attached hydrogens (tertiary/aromatic N) is 1. The molecule has 10 heavy (non-hydrogen) atoms. The first-order chi connectivity index (χ1) is 4.59. The third kappa shape index (κ3) is 3.08. The molecule has 1 atom stereocenters. The van der Waals surface area contributed by atoms with Gasteiger partial charge < -0.3 is 5.11 Å². The van der Waals surface area contributed by atoms with Crippen molar-refractivity contribution in [3.8, 4) is 0 Å². The predicted octanol–water partition coefficient (Wildman–Crippen LogP) is 0.321. The normalized spacial score (nSPS) is 13.6. The predicted molar refractivity (Wildman–Crippen MR) is 43.6 cm³/mol. The molecule has 0 radical (unpaired) electrons. The molecule has 0 aromatic carbocycles. The van der Waals surface area contributed by atoms with Crippen molar-refractivity contribution in [3.63, 3.8) is 0 Å². The van der Waals surface area contributed by atoms with Gasteiger partial charge in [-0.25, -0.2) is 0 Å². The first kappa shape index (κ1) is 9.78. The van der Waals surface area contributed by atoms with Crippen LogP contribution < -0.4 is 0 Å². The van der Waals surface area contributed by atoms with Gasteiger partial charge in [-0.3, -0.25) is 9.69 Å². The zero-order chi connectivity index (χ0) is 8.15. The summed E-state index contributed by atoms with van der Waals surface area (Å²) in [5.41, 5.74) is 0. The Balaban J connectivity index is 3.85. The maximum atomic E-state index is 10.5. The van der Waals surface area contributed by atoms with Crippen LogP contribution >= 0.6 is 12.6 Å². The number of thiol groups is 1. The van der Waals surface area contributed by atoms with Crippen LogP contribution in [-0.4, -0.2) is 41.9 Å². The van der Waals surface area contributed by atoms with Gasteiger partial charge in [-0.05, 0) is 26.3 Å². The van der Waals surface area contributed by atoms with Gasteiger partial charge in [0.15, 0.2) is 0 Å². The summed E-state index contributed by atoms with van der Waals surface area (Å²) < 4.78 is 0. The van der Waals surface area contributed by atoms with E-state index in [0.29, 0.717) is 12.2 Å². The highest BCUT2D eigenvalue weighted by atomic mass is 32.1. The molecular weight excluding hydrogens is 150 g/mol. The van der Waals surface area contributed by atoms with Crippen LogP contribution in [0, 0.1) is 0 Å². The number of likely N-dealkylation sites (N-methyl/N-ethyl adjacent to an activating group) is 1. The molecule has 4 heteroatoms. The standard InChI is InChI=1S/C6H13NO2S/c1-7(2)5(3-4-10)6(8)9/h5,10H,3-4H2,1-2H3,(H,8,9). The van der Waals surface area contributed by atoms with Gasteiger partial charge >= 0.3 is 5.97 Å². The van der Waals surface area contributed by atoms with Gasteiger partial charge in [0.05, 0.1) is 0 Å². The minimum Gasteiger partial charge on any atom is -0.480 e. The third-order valence-corrected chi connectivity index (χ3v) is 1.57. The van der Waals surface area contributed by atoms with Crippen LogP contribution in [0.3, 0.4) is 0 Å². The second-order valence-electron chi connectivity index (χ2n) is 2.33. The van der Waals surface area contributed by atoms with Crippen LogP contribution in [0.4, 0.5) is 0 Å². The van der Waals surface area contributed by atoms with E-state index in [1.54, 1.807) is 19.0 Å². The van der Waals surface area contributed by atoms with Crippen LogP contribution in [0.25, 0.3) is 0 Å². The van der Waals surface area contributed by atoms with Crippen molar-refractivity contribution >= 4 is 18.6 Å². The lowest BCUT2D eigenvalue weighted by Crippen LogP contribution is -2.35. The van der Waals surface area contributed by atoms with E-state index in [1.807, 2.05) is 0 Å². The van der Waals surface area contributed by atoms with Gasteiger partial charge in [-0.15, -0.1) is 0 Å². The largest absolute Gasteiger partial charge is 0.480 e. The van der Waals surface area contributed by atoms with E-state index >= 15 is 0 Å². The molecular formula is C6H13NO2S. The number of carbonyl (C=O) groups is 1. The summed E-state index contributed by atoms with van der Waals surface area (Å²) in [6.07, 6.45) is 0.589. The summed E-state index contributed by atoms with van der Waals surface area (Å²) in [6, 6.07) is -0.391. The molecule has 0 saturated carbocycles. The summed E-state index contributed by atoms with van der Waals surface area (Å²) in [5.74, 6) is -0.172. The maximum absolute atomic E-state index is 10.5. The van der Waals surface area contributed by atoms with Crippen LogP contribution in [0.1, 0.15) is 6.42 Å². The third-order valence-electron chi connectivity index (χ3n) is 1.31. The molecule has 3 nitrogen and oxygen atoms in total. The van der Waals surface area contributed by atoms with E-state index in [9.17, 15) is 4.79 Å². The topological polar surface area (TPSA) is 40.5 Å². The Morgan fingerprint density at radius 2 is 2.20 bits per heavy atom. The lowest BCUT2D eigenvalue weighted by molar-refractivity contribution is -0.142. The fourth-order valence-corrected chi connectivity index (χ4v) is 0.969. The van der Waals surface area contributed by atoms with E-state index in [0.717, 1.165) is 0 Å². The number of aliphatic carboxylic acids is 1. The van der Waals surface area contributed by atoms with Crippen molar-refractivity contribution in [2.75, 3.05) is 19.8 Å². The van der Waals surface area contributed by atoms with Crippen molar-refractivity contribution in [2.24, 2.45) is 0 Å². The SMILES string of the molecule is CN(C)C(CCS)C(=O)O. The average molecular weight is 163 g/mol. The molecule has 0 heterocycles. The Bertz CT molecular complexity index is 116. The van der Waals surface area contributed by atoms with Crippen molar-refractivity contribution in [1.29, 1.82) is 0 Å². The Labute approximate surface area is 66.4 Å². The molecule has 0 rings (SSSR count). The van der Waals surface area contributed by atoms with Crippen LogP contribution in [0.15, 0.2) is 0 Å². The molecule has 0 aromatic rings. The lowest BCUT2D eigenvalue weighted by atomic mass is 10.2. The zero-order valence-electron chi connectivity index (χ0n) is 6.24. The van der Waals surface area contributed by atoms with E-state index in [4.69, 9.17) is 5.11 Å². The fraction of sp³-hybridized carbons (Fsp3) is 0.833. The molecule has 0 spiro atoms. The molecule has 0 fully saturated rings. The first-order valence-corrected chi connectivity index (χ1v) is 3.73. The summed E-state index contributed by atoms with van der Waals surface area (Å²) in [4.78, 5) is 12.1. The smallest absolute Gasteiger partial charge is 0.320 e. The summed E-state index contributed by atoms with van der Waals surface area (Å²) in [6.45, 7) is 0. The van der Waals surface area contributed by atoms with Crippen molar-refractivity contribution in [2.45, 2.75) is 12.5 Å². The minimum atomic E-state index is -0.779. The lowest BCUT2D eigenvalue weighted by Gasteiger charge is -2.18. The maximum Gasteiger partial charge on any atom is 0.320 e. The zero-order valence-corrected chi connectivity index (χ0v) is 7.14. The molecule has 60 valence electrons. The number of carboxylic acids is 1. The Kier molecular flexibility index (Phi) is 4.47. The highest BCUT2D eigenvalue weighted by Gasteiger charge is 2.17. The summed E-state index contributed by atoms with van der Waals surface area (Å²) in [7, 11) is 3.50. The molecule has 0 aliphatic rings. The summed E-state index contributed by atoms with van der Waals surface area (Å²) in [5, 5.41) is 8.60. The quantitative estimate of drug-likeness (QED) is 0.586. The fourth-order valence-electron chi connectivity index (χ4n) is 0.725. The van der Waals surface area contributed by atoms with Crippen LogP contribution in [0.5, 0.6) is 0 Å². The van der Waals surface area contributed by atoms with E-state index in [2.05, 4.69) is 12.6 Å². The van der Waals surface area contributed by atoms with Crippen molar-refractivity contribution in [1.82, 2.24) is 4.90 Å². The molecule has 0 bridgehead atoms.